The summed E-state index contributed by atoms with van der Waals surface area (Å²) >= 11 is 0. The van der Waals surface area contributed by atoms with Crippen LogP contribution in [0, 0.1) is 0 Å². The molecule has 6 heteroatoms. The molecule has 1 rings (SSSR count). The quantitative estimate of drug-likeness (QED) is 0.722. The van der Waals surface area contributed by atoms with Crippen LogP contribution in [0.25, 0.3) is 0 Å². The van der Waals surface area contributed by atoms with Gasteiger partial charge in [0.05, 0.1) is 0 Å². The SMILES string of the molecule is CCCNCC1CCCCN1S(=O)(=O)N(C)C(C)C. The molecule has 5 nitrogen and oxygen atoms in total. The summed E-state index contributed by atoms with van der Waals surface area (Å²) in [4.78, 5) is 0. The Hall–Kier alpha value is -0.170. The second-order valence-electron chi connectivity index (χ2n) is 5.58. The van der Waals surface area contributed by atoms with Crippen molar-refractivity contribution < 1.29 is 8.42 Å². The number of hydrogen-bond acceptors (Lipinski definition) is 3. The molecule has 0 bridgehead atoms. The molecule has 1 saturated heterocycles. The summed E-state index contributed by atoms with van der Waals surface area (Å²) in [5, 5.41) is 3.35. The highest BCUT2D eigenvalue weighted by Crippen LogP contribution is 2.22. The highest BCUT2D eigenvalue weighted by atomic mass is 32.2. The van der Waals surface area contributed by atoms with Gasteiger partial charge in [-0.2, -0.15) is 17.0 Å². The predicted octanol–water partition coefficient (Wildman–Crippen LogP) is 1.43. The molecule has 1 aliphatic rings. The van der Waals surface area contributed by atoms with E-state index in [1.807, 2.05) is 13.8 Å². The van der Waals surface area contributed by atoms with Gasteiger partial charge in [-0.05, 0) is 39.7 Å². The average molecular weight is 291 g/mol. The molecule has 1 unspecified atom stereocenters. The van der Waals surface area contributed by atoms with E-state index >= 15 is 0 Å². The fraction of sp³-hybridized carbons (Fsp3) is 1.00. The molecular weight excluding hydrogens is 262 g/mol. The molecule has 0 aromatic rings. The van der Waals surface area contributed by atoms with Gasteiger partial charge in [-0.1, -0.05) is 13.3 Å². The summed E-state index contributed by atoms with van der Waals surface area (Å²) in [6.45, 7) is 8.30. The zero-order chi connectivity index (χ0) is 14.5. The van der Waals surface area contributed by atoms with E-state index in [1.54, 1.807) is 11.4 Å². The van der Waals surface area contributed by atoms with Crippen molar-refractivity contribution in [3.8, 4) is 0 Å². The third-order valence-corrected chi connectivity index (χ3v) is 5.99. The Balaban J connectivity index is 2.75. The van der Waals surface area contributed by atoms with Crippen LogP contribution in [0.4, 0.5) is 0 Å². The van der Waals surface area contributed by atoms with Gasteiger partial charge in [-0.3, -0.25) is 0 Å². The normalized spacial score (nSPS) is 22.3. The molecule has 1 aliphatic heterocycles. The third kappa shape index (κ3) is 4.41. The van der Waals surface area contributed by atoms with Crippen LogP contribution in [0.15, 0.2) is 0 Å². The molecule has 1 fully saturated rings. The lowest BCUT2D eigenvalue weighted by atomic mass is 10.1. The van der Waals surface area contributed by atoms with Crippen LogP contribution < -0.4 is 5.32 Å². The second-order valence-corrected chi connectivity index (χ2v) is 7.52. The monoisotopic (exact) mass is 291 g/mol. The van der Waals surface area contributed by atoms with Gasteiger partial charge < -0.3 is 5.32 Å². The Labute approximate surface area is 118 Å². The van der Waals surface area contributed by atoms with E-state index in [1.165, 1.54) is 4.31 Å². The Bertz CT molecular complexity index is 357. The van der Waals surface area contributed by atoms with Gasteiger partial charge in [0.2, 0.25) is 0 Å². The van der Waals surface area contributed by atoms with Gasteiger partial charge in [-0.25, -0.2) is 0 Å². The minimum Gasteiger partial charge on any atom is -0.315 e. The van der Waals surface area contributed by atoms with Crippen LogP contribution in [0.3, 0.4) is 0 Å². The molecule has 1 heterocycles. The average Bonchev–Trinajstić information content (AvgIpc) is 2.38. The molecule has 1 N–H and O–H groups in total. The van der Waals surface area contributed by atoms with E-state index in [0.29, 0.717) is 6.54 Å². The highest BCUT2D eigenvalue weighted by Gasteiger charge is 2.35. The lowest BCUT2D eigenvalue weighted by Crippen LogP contribution is -2.54. The minimum atomic E-state index is -3.32. The fourth-order valence-electron chi connectivity index (χ4n) is 2.36. The Morgan fingerprint density at radius 3 is 2.63 bits per heavy atom. The second kappa shape index (κ2) is 7.57. The van der Waals surface area contributed by atoms with Crippen molar-refractivity contribution in [2.45, 2.75) is 58.5 Å². The summed E-state index contributed by atoms with van der Waals surface area (Å²) in [7, 11) is -1.65. The van der Waals surface area contributed by atoms with Crippen molar-refractivity contribution in [3.63, 3.8) is 0 Å². The van der Waals surface area contributed by atoms with E-state index in [9.17, 15) is 8.42 Å². The molecule has 0 aliphatic carbocycles. The summed E-state index contributed by atoms with van der Waals surface area (Å²) in [6.07, 6.45) is 4.12. The van der Waals surface area contributed by atoms with Crippen molar-refractivity contribution in [3.05, 3.63) is 0 Å². The minimum absolute atomic E-state index is 0.00354. The summed E-state index contributed by atoms with van der Waals surface area (Å²) in [5.74, 6) is 0. The largest absolute Gasteiger partial charge is 0.315 e. The summed E-state index contributed by atoms with van der Waals surface area (Å²) in [6, 6.07) is 0.0997. The van der Waals surface area contributed by atoms with E-state index in [4.69, 9.17) is 0 Å². The van der Waals surface area contributed by atoms with Gasteiger partial charge in [0.1, 0.15) is 0 Å². The van der Waals surface area contributed by atoms with Crippen LogP contribution in [0.2, 0.25) is 0 Å². The van der Waals surface area contributed by atoms with Crippen LogP contribution in [-0.2, 0) is 10.2 Å². The molecule has 0 amide bonds. The van der Waals surface area contributed by atoms with Gasteiger partial charge in [0.25, 0.3) is 10.2 Å². The fourth-order valence-corrected chi connectivity index (χ4v) is 4.14. The lowest BCUT2D eigenvalue weighted by molar-refractivity contribution is 0.225. The number of nitrogens with one attached hydrogen (secondary N) is 1. The van der Waals surface area contributed by atoms with Crippen molar-refractivity contribution >= 4 is 10.2 Å². The molecule has 114 valence electrons. The first-order valence-corrected chi connectivity index (χ1v) is 8.76. The molecule has 1 atom stereocenters. The highest BCUT2D eigenvalue weighted by molar-refractivity contribution is 7.86. The Morgan fingerprint density at radius 2 is 2.05 bits per heavy atom. The van der Waals surface area contributed by atoms with E-state index in [2.05, 4.69) is 12.2 Å². The molecule has 0 aromatic heterocycles. The van der Waals surface area contributed by atoms with Crippen molar-refractivity contribution in [2.75, 3.05) is 26.7 Å². The lowest BCUT2D eigenvalue weighted by Gasteiger charge is -2.38. The molecule has 19 heavy (non-hydrogen) atoms. The van der Waals surface area contributed by atoms with Crippen molar-refractivity contribution in [1.29, 1.82) is 0 Å². The van der Waals surface area contributed by atoms with E-state index < -0.39 is 10.2 Å². The maximum absolute atomic E-state index is 12.6. The Kier molecular flexibility index (Phi) is 6.73. The molecule has 0 aromatic carbocycles. The topological polar surface area (TPSA) is 52.7 Å². The van der Waals surface area contributed by atoms with Crippen LogP contribution in [-0.4, -0.2) is 55.8 Å². The maximum Gasteiger partial charge on any atom is 0.282 e. The predicted molar refractivity (Wildman–Crippen MR) is 79.3 cm³/mol. The van der Waals surface area contributed by atoms with Gasteiger partial charge in [0, 0.05) is 32.2 Å². The molecule has 0 spiro atoms. The number of rotatable bonds is 7. The molecule has 0 saturated carbocycles. The zero-order valence-corrected chi connectivity index (χ0v) is 13.5. The Morgan fingerprint density at radius 1 is 1.37 bits per heavy atom. The van der Waals surface area contributed by atoms with E-state index in [0.717, 1.165) is 38.8 Å². The zero-order valence-electron chi connectivity index (χ0n) is 12.7. The standard InChI is InChI=1S/C13H29N3O2S/c1-5-9-14-11-13-8-6-7-10-16(13)19(17,18)15(4)12(2)3/h12-14H,5-11H2,1-4H3. The summed E-state index contributed by atoms with van der Waals surface area (Å²) in [5.41, 5.74) is 0. The first-order valence-electron chi connectivity index (χ1n) is 7.36. The first kappa shape index (κ1) is 16.9. The van der Waals surface area contributed by atoms with E-state index in [-0.39, 0.29) is 12.1 Å². The third-order valence-electron chi connectivity index (χ3n) is 3.77. The van der Waals surface area contributed by atoms with Crippen molar-refractivity contribution in [1.82, 2.24) is 13.9 Å². The summed E-state index contributed by atoms with van der Waals surface area (Å²) < 4.78 is 28.4. The van der Waals surface area contributed by atoms with Crippen LogP contribution >= 0.6 is 0 Å². The van der Waals surface area contributed by atoms with Crippen molar-refractivity contribution in [2.24, 2.45) is 0 Å². The maximum atomic E-state index is 12.6. The van der Waals surface area contributed by atoms with Gasteiger partial charge >= 0.3 is 0 Å². The number of hydrogen-bond donors (Lipinski definition) is 1. The smallest absolute Gasteiger partial charge is 0.282 e. The van der Waals surface area contributed by atoms with Gasteiger partial charge in [-0.15, -0.1) is 0 Å². The van der Waals surface area contributed by atoms with Crippen LogP contribution in [0.1, 0.15) is 46.5 Å². The van der Waals surface area contributed by atoms with Crippen LogP contribution in [0.5, 0.6) is 0 Å². The number of nitrogens with zero attached hydrogens (tertiary/aromatic N) is 2. The number of piperidine rings is 1. The first-order chi connectivity index (χ1) is 8.91. The molecule has 0 radical (unpaired) electrons. The van der Waals surface area contributed by atoms with Gasteiger partial charge in [0.15, 0.2) is 0 Å². The molecular formula is C13H29N3O2S.